The van der Waals surface area contributed by atoms with Crippen molar-refractivity contribution in [1.29, 1.82) is 0 Å². The maximum absolute atomic E-state index is 11.9. The number of rotatable bonds is 4. The van der Waals surface area contributed by atoms with E-state index in [0.717, 1.165) is 18.7 Å². The topological polar surface area (TPSA) is 67.9 Å². The third-order valence-corrected chi connectivity index (χ3v) is 3.61. The second-order valence-corrected chi connectivity index (χ2v) is 4.98. The lowest BCUT2D eigenvalue weighted by molar-refractivity contribution is 0.101. The summed E-state index contributed by atoms with van der Waals surface area (Å²) < 4.78 is 9.89. The molecule has 114 valence electrons. The van der Waals surface area contributed by atoms with Crippen LogP contribution in [0.3, 0.4) is 0 Å². The van der Waals surface area contributed by atoms with E-state index in [1.54, 1.807) is 13.2 Å². The molecule has 1 fully saturated rings. The molecule has 1 aliphatic heterocycles. The Morgan fingerprint density at radius 3 is 2.71 bits per heavy atom. The minimum absolute atomic E-state index is 0.0171. The zero-order valence-corrected chi connectivity index (χ0v) is 12.5. The Bertz CT molecular complexity index is 544. The van der Waals surface area contributed by atoms with Crippen LogP contribution in [0.2, 0.25) is 0 Å². The molecule has 1 N–H and O–H groups in total. The van der Waals surface area contributed by atoms with Gasteiger partial charge < -0.3 is 19.7 Å². The summed E-state index contributed by atoms with van der Waals surface area (Å²) in [6.07, 6.45) is 0.378. The quantitative estimate of drug-likeness (QED) is 0.858. The number of amides is 1. The molecule has 0 aromatic heterocycles. The number of carbonyl (C=O) groups is 2. The molecule has 0 spiro atoms. The highest BCUT2D eigenvalue weighted by Crippen LogP contribution is 2.31. The van der Waals surface area contributed by atoms with Crippen molar-refractivity contribution in [3.05, 3.63) is 23.8 Å². The molecule has 2 rings (SSSR count). The summed E-state index contributed by atoms with van der Waals surface area (Å²) in [5.74, 6) is 0.538. The highest BCUT2D eigenvalue weighted by molar-refractivity contribution is 6.02. The Hall–Kier alpha value is -2.24. The van der Waals surface area contributed by atoms with E-state index in [1.807, 2.05) is 12.1 Å². The zero-order valence-electron chi connectivity index (χ0n) is 12.5. The molecule has 21 heavy (non-hydrogen) atoms. The van der Waals surface area contributed by atoms with Crippen LogP contribution in [-0.2, 0) is 4.74 Å². The van der Waals surface area contributed by atoms with Gasteiger partial charge in [-0.3, -0.25) is 4.79 Å². The molecule has 1 heterocycles. The maximum atomic E-state index is 11.9. The van der Waals surface area contributed by atoms with Crippen LogP contribution in [-0.4, -0.2) is 45.2 Å². The van der Waals surface area contributed by atoms with Crippen LogP contribution in [0.15, 0.2) is 18.2 Å². The van der Waals surface area contributed by atoms with Gasteiger partial charge in [-0.25, -0.2) is 4.79 Å². The largest absolute Gasteiger partial charge is 0.496 e. The number of anilines is 1. The molecule has 6 nitrogen and oxygen atoms in total. The molecule has 1 atom stereocenters. The predicted octanol–water partition coefficient (Wildman–Crippen LogP) is 1.83. The number of nitrogens with zero attached hydrogens (tertiary/aromatic N) is 1. The SMILES string of the molecule is COC(=O)NC1CCN(c2cccc(OC)c2C(C)=O)C1. The van der Waals surface area contributed by atoms with Crippen molar-refractivity contribution in [2.24, 2.45) is 0 Å². The lowest BCUT2D eigenvalue weighted by Gasteiger charge is -2.22. The van der Waals surface area contributed by atoms with Gasteiger partial charge in [-0.2, -0.15) is 0 Å². The standard InChI is InChI=1S/C15H20N2O4/c1-10(18)14-12(5-4-6-13(14)20-2)17-8-7-11(9-17)16-15(19)21-3/h4-6,11H,7-9H2,1-3H3,(H,16,19). The number of carbonyl (C=O) groups excluding carboxylic acids is 2. The van der Waals surface area contributed by atoms with E-state index < -0.39 is 6.09 Å². The lowest BCUT2D eigenvalue weighted by Crippen LogP contribution is -2.37. The molecular formula is C15H20N2O4. The molecule has 1 aromatic rings. The second kappa shape index (κ2) is 6.47. The average Bonchev–Trinajstić information content (AvgIpc) is 2.94. The van der Waals surface area contributed by atoms with Gasteiger partial charge in [0, 0.05) is 13.1 Å². The number of methoxy groups -OCH3 is 2. The third-order valence-electron chi connectivity index (χ3n) is 3.61. The van der Waals surface area contributed by atoms with E-state index in [-0.39, 0.29) is 11.8 Å². The number of alkyl carbamates (subject to hydrolysis) is 1. The van der Waals surface area contributed by atoms with Crippen molar-refractivity contribution >= 4 is 17.6 Å². The van der Waals surface area contributed by atoms with Crippen LogP contribution in [0, 0.1) is 0 Å². The third kappa shape index (κ3) is 3.26. The van der Waals surface area contributed by atoms with E-state index in [0.29, 0.717) is 17.9 Å². The molecule has 1 aliphatic rings. The fourth-order valence-electron chi connectivity index (χ4n) is 2.63. The maximum Gasteiger partial charge on any atom is 0.407 e. The van der Waals surface area contributed by atoms with E-state index in [2.05, 4.69) is 15.0 Å². The number of hydrogen-bond donors (Lipinski definition) is 1. The summed E-state index contributed by atoms with van der Waals surface area (Å²) >= 11 is 0. The first-order chi connectivity index (χ1) is 10.1. The van der Waals surface area contributed by atoms with Crippen LogP contribution in [0.4, 0.5) is 10.5 Å². The number of hydrogen-bond acceptors (Lipinski definition) is 5. The minimum Gasteiger partial charge on any atom is -0.496 e. The zero-order chi connectivity index (χ0) is 15.4. The van der Waals surface area contributed by atoms with Gasteiger partial charge in [0.2, 0.25) is 0 Å². The molecule has 1 saturated heterocycles. The van der Waals surface area contributed by atoms with E-state index in [1.165, 1.54) is 14.0 Å². The number of nitrogens with one attached hydrogen (secondary N) is 1. The van der Waals surface area contributed by atoms with E-state index in [4.69, 9.17) is 4.74 Å². The van der Waals surface area contributed by atoms with Gasteiger partial charge in [-0.1, -0.05) is 6.07 Å². The summed E-state index contributed by atoms with van der Waals surface area (Å²) in [6, 6.07) is 5.56. The number of ketones is 1. The van der Waals surface area contributed by atoms with Crippen molar-refractivity contribution in [3.8, 4) is 5.75 Å². The van der Waals surface area contributed by atoms with Crippen molar-refractivity contribution in [2.45, 2.75) is 19.4 Å². The molecule has 1 aromatic carbocycles. The number of Topliss-reactive ketones (excluding diaryl/α,β-unsaturated/α-hetero) is 1. The number of ether oxygens (including phenoxy) is 2. The van der Waals surface area contributed by atoms with E-state index in [9.17, 15) is 9.59 Å². The van der Waals surface area contributed by atoms with Crippen molar-refractivity contribution in [3.63, 3.8) is 0 Å². The van der Waals surface area contributed by atoms with Gasteiger partial charge in [-0.05, 0) is 25.5 Å². The predicted molar refractivity (Wildman–Crippen MR) is 79.2 cm³/mol. The first-order valence-corrected chi connectivity index (χ1v) is 6.84. The lowest BCUT2D eigenvalue weighted by atomic mass is 10.1. The van der Waals surface area contributed by atoms with Crippen LogP contribution >= 0.6 is 0 Å². The minimum atomic E-state index is -0.431. The highest BCUT2D eigenvalue weighted by Gasteiger charge is 2.27. The van der Waals surface area contributed by atoms with Crippen molar-refractivity contribution in [1.82, 2.24) is 5.32 Å². The van der Waals surface area contributed by atoms with Gasteiger partial charge in [0.25, 0.3) is 0 Å². The first-order valence-electron chi connectivity index (χ1n) is 6.84. The molecule has 0 radical (unpaired) electrons. The summed E-state index contributed by atoms with van der Waals surface area (Å²) in [5.41, 5.74) is 1.43. The molecule has 1 amide bonds. The normalized spacial score (nSPS) is 17.5. The van der Waals surface area contributed by atoms with Gasteiger partial charge in [0.15, 0.2) is 5.78 Å². The highest BCUT2D eigenvalue weighted by atomic mass is 16.5. The van der Waals surface area contributed by atoms with Crippen molar-refractivity contribution in [2.75, 3.05) is 32.2 Å². The van der Waals surface area contributed by atoms with Gasteiger partial charge in [-0.15, -0.1) is 0 Å². The Morgan fingerprint density at radius 1 is 1.33 bits per heavy atom. The fourth-order valence-corrected chi connectivity index (χ4v) is 2.63. The Morgan fingerprint density at radius 2 is 2.10 bits per heavy atom. The Balaban J connectivity index is 2.20. The summed E-state index contributed by atoms with van der Waals surface area (Å²) in [4.78, 5) is 25.3. The molecular weight excluding hydrogens is 272 g/mol. The smallest absolute Gasteiger partial charge is 0.407 e. The first kappa shape index (κ1) is 15.2. The average molecular weight is 292 g/mol. The Kier molecular flexibility index (Phi) is 4.67. The monoisotopic (exact) mass is 292 g/mol. The van der Waals surface area contributed by atoms with Gasteiger partial charge in [0.1, 0.15) is 5.75 Å². The Labute approximate surface area is 124 Å². The molecule has 0 saturated carbocycles. The van der Waals surface area contributed by atoms with Crippen molar-refractivity contribution < 1.29 is 19.1 Å². The summed E-state index contributed by atoms with van der Waals surface area (Å²) in [6.45, 7) is 2.94. The van der Waals surface area contributed by atoms with E-state index >= 15 is 0 Å². The van der Waals surface area contributed by atoms with Crippen LogP contribution in [0.1, 0.15) is 23.7 Å². The van der Waals surface area contributed by atoms with Gasteiger partial charge >= 0.3 is 6.09 Å². The van der Waals surface area contributed by atoms with Crippen LogP contribution in [0.25, 0.3) is 0 Å². The molecule has 6 heteroatoms. The molecule has 0 bridgehead atoms. The number of benzene rings is 1. The summed E-state index contributed by atoms with van der Waals surface area (Å²) in [7, 11) is 2.90. The molecule has 1 unspecified atom stereocenters. The molecule has 0 aliphatic carbocycles. The fraction of sp³-hybridized carbons (Fsp3) is 0.467. The van der Waals surface area contributed by atoms with Crippen LogP contribution < -0.4 is 15.0 Å². The van der Waals surface area contributed by atoms with Crippen LogP contribution in [0.5, 0.6) is 5.75 Å². The van der Waals surface area contributed by atoms with Gasteiger partial charge in [0.05, 0.1) is 31.5 Å². The summed E-state index contributed by atoms with van der Waals surface area (Å²) in [5, 5.41) is 2.79. The second-order valence-electron chi connectivity index (χ2n) is 4.98.